The number of esters is 1. The molecule has 0 aromatic carbocycles. The van der Waals surface area contributed by atoms with E-state index in [-0.39, 0.29) is 18.1 Å². The molecule has 1 heterocycles. The molecule has 0 spiro atoms. The molecule has 3 atom stereocenters. The second kappa shape index (κ2) is 6.93. The van der Waals surface area contributed by atoms with Crippen LogP contribution in [0.2, 0.25) is 0 Å². The normalized spacial score (nSPS) is 27.8. The highest BCUT2D eigenvalue weighted by molar-refractivity contribution is 5.75. The molecule has 0 aromatic heterocycles. The van der Waals surface area contributed by atoms with Crippen molar-refractivity contribution in [3.63, 3.8) is 0 Å². The number of nitrogens with zero attached hydrogens (tertiary/aromatic N) is 1. The van der Waals surface area contributed by atoms with Gasteiger partial charge in [-0.05, 0) is 20.4 Å². The number of methoxy groups -OCH3 is 1. The van der Waals surface area contributed by atoms with Gasteiger partial charge in [-0.25, -0.2) is 0 Å². The largest absolute Gasteiger partial charge is 0.468 e. The van der Waals surface area contributed by atoms with Crippen LogP contribution in [0.4, 0.5) is 0 Å². The Hall–Kier alpha value is -0.650. The molecule has 5 heteroatoms. The van der Waals surface area contributed by atoms with E-state index in [1.54, 1.807) is 7.05 Å². The summed E-state index contributed by atoms with van der Waals surface area (Å²) in [6.45, 7) is 6.49. The number of hydrogen-bond donors (Lipinski definition) is 1. The zero-order valence-corrected chi connectivity index (χ0v) is 11.2. The number of nitrogens with one attached hydrogen (secondary N) is 1. The molecule has 1 saturated heterocycles. The quantitative estimate of drug-likeness (QED) is 0.702. The van der Waals surface area contributed by atoms with Crippen molar-refractivity contribution >= 4 is 5.97 Å². The van der Waals surface area contributed by atoms with E-state index in [1.807, 2.05) is 0 Å². The van der Waals surface area contributed by atoms with Crippen molar-refractivity contribution in [1.82, 2.24) is 10.2 Å². The maximum Gasteiger partial charge on any atom is 0.324 e. The molecule has 0 aromatic rings. The van der Waals surface area contributed by atoms with Gasteiger partial charge >= 0.3 is 5.97 Å². The van der Waals surface area contributed by atoms with Crippen LogP contribution in [-0.2, 0) is 14.3 Å². The number of rotatable bonds is 5. The number of carbonyl (C=O) groups excluding carboxylic acids is 1. The van der Waals surface area contributed by atoms with Gasteiger partial charge in [0.15, 0.2) is 0 Å². The highest BCUT2D eigenvalue weighted by Gasteiger charge is 2.29. The lowest BCUT2D eigenvalue weighted by atomic mass is 10.1. The Labute approximate surface area is 103 Å². The SMILES string of the molecule is CCC1COC(C)CN1CC(NC)C(=O)OC. The van der Waals surface area contributed by atoms with Crippen molar-refractivity contribution in [3.05, 3.63) is 0 Å². The van der Waals surface area contributed by atoms with Gasteiger partial charge in [0.05, 0.1) is 19.8 Å². The van der Waals surface area contributed by atoms with Crippen LogP contribution < -0.4 is 5.32 Å². The number of morpholine rings is 1. The molecular weight excluding hydrogens is 220 g/mol. The minimum absolute atomic E-state index is 0.207. The first-order valence-electron chi connectivity index (χ1n) is 6.23. The number of hydrogen-bond acceptors (Lipinski definition) is 5. The molecule has 0 radical (unpaired) electrons. The van der Waals surface area contributed by atoms with Gasteiger partial charge in [0.2, 0.25) is 0 Å². The molecule has 1 fully saturated rings. The first-order chi connectivity index (χ1) is 8.12. The van der Waals surface area contributed by atoms with Gasteiger partial charge in [-0.15, -0.1) is 0 Å². The highest BCUT2D eigenvalue weighted by atomic mass is 16.5. The molecule has 0 bridgehead atoms. The third-order valence-corrected chi connectivity index (χ3v) is 3.30. The summed E-state index contributed by atoms with van der Waals surface area (Å²) in [6.07, 6.45) is 1.26. The first-order valence-corrected chi connectivity index (χ1v) is 6.23. The summed E-state index contributed by atoms with van der Waals surface area (Å²) < 4.78 is 10.4. The van der Waals surface area contributed by atoms with Gasteiger partial charge in [0.25, 0.3) is 0 Å². The van der Waals surface area contributed by atoms with E-state index in [0.717, 1.165) is 19.6 Å². The fourth-order valence-electron chi connectivity index (χ4n) is 2.17. The van der Waals surface area contributed by atoms with E-state index < -0.39 is 0 Å². The second-order valence-electron chi connectivity index (χ2n) is 4.52. The molecular formula is C12H24N2O3. The average Bonchev–Trinajstić information content (AvgIpc) is 2.35. The van der Waals surface area contributed by atoms with Crippen LogP contribution >= 0.6 is 0 Å². The van der Waals surface area contributed by atoms with Crippen molar-refractivity contribution in [2.24, 2.45) is 0 Å². The molecule has 100 valence electrons. The number of carbonyl (C=O) groups is 1. The molecule has 17 heavy (non-hydrogen) atoms. The Morgan fingerprint density at radius 1 is 1.65 bits per heavy atom. The molecule has 0 aliphatic carbocycles. The summed E-state index contributed by atoms with van der Waals surface area (Å²) in [4.78, 5) is 13.9. The summed E-state index contributed by atoms with van der Waals surface area (Å²) >= 11 is 0. The standard InChI is InChI=1S/C12H24N2O3/c1-5-10-8-17-9(2)6-14(10)7-11(13-3)12(15)16-4/h9-11,13H,5-8H2,1-4H3. The van der Waals surface area contributed by atoms with Crippen LogP contribution in [-0.4, -0.2) is 62.9 Å². The summed E-state index contributed by atoms with van der Waals surface area (Å²) in [5.74, 6) is -0.207. The molecule has 1 rings (SSSR count). The van der Waals surface area contributed by atoms with Gasteiger partial charge in [-0.3, -0.25) is 9.69 Å². The predicted molar refractivity (Wildman–Crippen MR) is 65.9 cm³/mol. The first kappa shape index (κ1) is 14.4. The topological polar surface area (TPSA) is 50.8 Å². The van der Waals surface area contributed by atoms with Crippen LogP contribution in [0.25, 0.3) is 0 Å². The van der Waals surface area contributed by atoms with Crippen molar-refractivity contribution in [2.45, 2.75) is 38.5 Å². The Bertz CT molecular complexity index is 248. The Morgan fingerprint density at radius 3 is 2.88 bits per heavy atom. The summed E-state index contributed by atoms with van der Waals surface area (Å²) in [5, 5.41) is 3.00. The molecule has 1 aliphatic heterocycles. The van der Waals surface area contributed by atoms with Gasteiger partial charge in [-0.2, -0.15) is 0 Å². The van der Waals surface area contributed by atoms with Gasteiger partial charge in [0.1, 0.15) is 6.04 Å². The lowest BCUT2D eigenvalue weighted by Crippen LogP contribution is -2.54. The third kappa shape index (κ3) is 3.94. The molecule has 3 unspecified atom stereocenters. The van der Waals surface area contributed by atoms with Crippen LogP contribution in [0.1, 0.15) is 20.3 Å². The molecule has 1 N–H and O–H groups in total. The van der Waals surface area contributed by atoms with Crippen molar-refractivity contribution in [2.75, 3.05) is 33.9 Å². The van der Waals surface area contributed by atoms with E-state index in [0.29, 0.717) is 12.6 Å². The van der Waals surface area contributed by atoms with Crippen LogP contribution in [0.5, 0.6) is 0 Å². The maximum atomic E-state index is 11.6. The summed E-state index contributed by atoms with van der Waals surface area (Å²) in [6, 6.07) is 0.131. The van der Waals surface area contributed by atoms with Crippen molar-refractivity contribution in [3.8, 4) is 0 Å². The Kier molecular flexibility index (Phi) is 5.88. The molecule has 1 aliphatic rings. The minimum atomic E-state index is -0.264. The predicted octanol–water partition coefficient (Wildman–Crippen LogP) is 0.247. The highest BCUT2D eigenvalue weighted by Crippen LogP contribution is 2.14. The minimum Gasteiger partial charge on any atom is -0.468 e. The van der Waals surface area contributed by atoms with Gasteiger partial charge < -0.3 is 14.8 Å². The van der Waals surface area contributed by atoms with Gasteiger partial charge in [-0.1, -0.05) is 6.92 Å². The monoisotopic (exact) mass is 244 g/mol. The summed E-state index contributed by atoms with van der Waals surface area (Å²) in [5.41, 5.74) is 0. The zero-order chi connectivity index (χ0) is 12.8. The van der Waals surface area contributed by atoms with E-state index in [4.69, 9.17) is 9.47 Å². The van der Waals surface area contributed by atoms with Crippen molar-refractivity contribution in [1.29, 1.82) is 0 Å². The molecule has 5 nitrogen and oxygen atoms in total. The average molecular weight is 244 g/mol. The molecule has 0 saturated carbocycles. The second-order valence-corrected chi connectivity index (χ2v) is 4.52. The van der Waals surface area contributed by atoms with E-state index in [1.165, 1.54) is 7.11 Å². The maximum absolute atomic E-state index is 11.6. The summed E-state index contributed by atoms with van der Waals surface area (Å²) in [7, 11) is 3.21. The lowest BCUT2D eigenvalue weighted by molar-refractivity contribution is -0.144. The van der Waals surface area contributed by atoms with E-state index in [2.05, 4.69) is 24.1 Å². The van der Waals surface area contributed by atoms with E-state index in [9.17, 15) is 4.79 Å². The van der Waals surface area contributed by atoms with Crippen LogP contribution in [0.15, 0.2) is 0 Å². The van der Waals surface area contributed by atoms with Crippen LogP contribution in [0, 0.1) is 0 Å². The van der Waals surface area contributed by atoms with E-state index >= 15 is 0 Å². The number of ether oxygens (including phenoxy) is 2. The zero-order valence-electron chi connectivity index (χ0n) is 11.2. The lowest BCUT2D eigenvalue weighted by Gasteiger charge is -2.39. The van der Waals surface area contributed by atoms with Crippen LogP contribution in [0.3, 0.4) is 0 Å². The molecule has 0 amide bonds. The fraction of sp³-hybridized carbons (Fsp3) is 0.917. The third-order valence-electron chi connectivity index (χ3n) is 3.30. The smallest absolute Gasteiger partial charge is 0.324 e. The Morgan fingerprint density at radius 2 is 2.35 bits per heavy atom. The fourth-order valence-corrected chi connectivity index (χ4v) is 2.17. The van der Waals surface area contributed by atoms with Gasteiger partial charge in [0, 0.05) is 19.1 Å². The Balaban J connectivity index is 2.58. The number of likely N-dealkylation sites (N-methyl/N-ethyl adjacent to an activating group) is 1. The van der Waals surface area contributed by atoms with Crippen molar-refractivity contribution < 1.29 is 14.3 Å².